The number of carbonyl (C=O) groups excluding carboxylic acids is 3. The lowest BCUT2D eigenvalue weighted by molar-refractivity contribution is -0.272. The Morgan fingerprint density at radius 3 is 2.43 bits per heavy atom. The lowest BCUT2D eigenvalue weighted by Crippen LogP contribution is -2.71. The number of nitrogens with zero attached hydrogens (tertiary/aromatic N) is 1. The zero-order valence-corrected chi connectivity index (χ0v) is 27.8. The number of ether oxygens (including phenoxy) is 4. The highest BCUT2D eigenvalue weighted by Gasteiger charge is 2.71. The van der Waals surface area contributed by atoms with Crippen LogP contribution in [0.25, 0.3) is 11.3 Å². The molecule has 0 saturated heterocycles. The van der Waals surface area contributed by atoms with Gasteiger partial charge in [0.15, 0.2) is 0 Å². The molecular formula is C36H45NO10. The van der Waals surface area contributed by atoms with E-state index in [1.165, 1.54) is 13.8 Å². The second kappa shape index (κ2) is 12.4. The minimum Gasteiger partial charge on any atom is -0.482 e. The monoisotopic (exact) mass is 651 g/mol. The molecule has 1 aliphatic heterocycles. The summed E-state index contributed by atoms with van der Waals surface area (Å²) >= 11 is 0. The number of rotatable bonds is 6. The highest BCUT2D eigenvalue weighted by molar-refractivity contribution is 5.73. The second-order valence-corrected chi connectivity index (χ2v) is 14.6. The quantitative estimate of drug-likeness (QED) is 0.319. The third kappa shape index (κ3) is 5.74. The molecule has 6 rings (SSSR count). The molecule has 11 heteroatoms. The molecule has 8 atom stereocenters. The van der Waals surface area contributed by atoms with Gasteiger partial charge in [0.25, 0.3) is 0 Å². The van der Waals surface area contributed by atoms with Crippen LogP contribution in [0, 0.1) is 28.6 Å². The molecule has 4 aliphatic rings. The van der Waals surface area contributed by atoms with Crippen LogP contribution in [-0.4, -0.2) is 52.4 Å². The van der Waals surface area contributed by atoms with Gasteiger partial charge in [-0.3, -0.25) is 19.4 Å². The largest absolute Gasteiger partial charge is 0.482 e. The van der Waals surface area contributed by atoms with Gasteiger partial charge >= 0.3 is 23.5 Å². The fraction of sp³-hybridized carbons (Fsp3) is 0.639. The van der Waals surface area contributed by atoms with Gasteiger partial charge in [-0.25, -0.2) is 4.79 Å². The molecule has 3 fully saturated rings. The van der Waals surface area contributed by atoms with Crippen LogP contribution in [0.5, 0.6) is 5.75 Å². The SMILES string of the molecule is CC(=O)OC[C@]1(C)C2C[C@H](OC(=O)C3CCCCC3)[C@@]3(C)Oc4cc(-c5cccnc5)oc(=O)c4C(O)C3[C@@]2(C)CC[C@@H]1OC(C)=O. The van der Waals surface area contributed by atoms with Crippen molar-refractivity contribution in [1.82, 2.24) is 4.98 Å². The number of pyridine rings is 1. The van der Waals surface area contributed by atoms with Gasteiger partial charge in [-0.05, 0) is 62.5 Å². The predicted molar refractivity (Wildman–Crippen MR) is 168 cm³/mol. The summed E-state index contributed by atoms with van der Waals surface area (Å²) in [6.45, 7) is 8.45. The first-order chi connectivity index (χ1) is 22.3. The number of esters is 3. The number of hydrogen-bond acceptors (Lipinski definition) is 11. The maximum atomic E-state index is 13.8. The van der Waals surface area contributed by atoms with Crippen LogP contribution in [0.15, 0.2) is 39.8 Å². The van der Waals surface area contributed by atoms with E-state index in [2.05, 4.69) is 4.98 Å². The first-order valence-corrected chi connectivity index (χ1v) is 16.7. The van der Waals surface area contributed by atoms with Crippen LogP contribution in [0.3, 0.4) is 0 Å². The molecule has 3 heterocycles. The van der Waals surface area contributed by atoms with Crippen LogP contribution in [0.4, 0.5) is 0 Å². The molecule has 11 nitrogen and oxygen atoms in total. The molecule has 3 saturated carbocycles. The van der Waals surface area contributed by atoms with Crippen molar-refractivity contribution in [2.45, 2.75) is 110 Å². The summed E-state index contributed by atoms with van der Waals surface area (Å²) in [5.74, 6) is -2.19. The number of carbonyl (C=O) groups is 3. The molecule has 0 radical (unpaired) electrons. The van der Waals surface area contributed by atoms with E-state index in [-0.39, 0.29) is 41.5 Å². The van der Waals surface area contributed by atoms with Gasteiger partial charge in [0.05, 0.1) is 12.0 Å². The Balaban J connectivity index is 1.48. The summed E-state index contributed by atoms with van der Waals surface area (Å²) < 4.78 is 30.5. The summed E-state index contributed by atoms with van der Waals surface area (Å²) in [4.78, 5) is 55.9. The van der Waals surface area contributed by atoms with Crippen molar-refractivity contribution >= 4 is 17.9 Å². The molecule has 0 aromatic carbocycles. The van der Waals surface area contributed by atoms with Gasteiger partial charge in [0.1, 0.15) is 41.5 Å². The van der Waals surface area contributed by atoms with Gasteiger partial charge in [0, 0.05) is 49.2 Å². The van der Waals surface area contributed by atoms with Gasteiger partial charge < -0.3 is 28.5 Å². The topological polar surface area (TPSA) is 151 Å². The van der Waals surface area contributed by atoms with E-state index in [4.69, 9.17) is 23.4 Å². The molecule has 0 amide bonds. The summed E-state index contributed by atoms with van der Waals surface area (Å²) in [5.41, 5.74) is -3.05. The van der Waals surface area contributed by atoms with E-state index in [0.29, 0.717) is 24.8 Å². The fourth-order valence-corrected chi connectivity index (χ4v) is 9.41. The molecule has 3 unspecified atom stereocenters. The lowest BCUT2D eigenvalue weighted by atomic mass is 9.42. The van der Waals surface area contributed by atoms with Crippen LogP contribution in [0.1, 0.15) is 97.7 Å². The van der Waals surface area contributed by atoms with E-state index in [9.17, 15) is 24.3 Å². The van der Waals surface area contributed by atoms with Crippen LogP contribution in [0.2, 0.25) is 0 Å². The highest BCUT2D eigenvalue weighted by atomic mass is 16.6. The molecular weight excluding hydrogens is 606 g/mol. The lowest BCUT2D eigenvalue weighted by Gasteiger charge is -2.66. The third-order valence-corrected chi connectivity index (χ3v) is 11.6. The van der Waals surface area contributed by atoms with Crippen LogP contribution in [-0.2, 0) is 28.6 Å². The second-order valence-electron chi connectivity index (χ2n) is 14.6. The van der Waals surface area contributed by atoms with Crippen molar-refractivity contribution in [3.05, 3.63) is 46.6 Å². The Bertz CT molecular complexity index is 1580. The van der Waals surface area contributed by atoms with Crippen molar-refractivity contribution in [3.63, 3.8) is 0 Å². The Labute approximate surface area is 274 Å². The van der Waals surface area contributed by atoms with E-state index < -0.39 is 58.2 Å². The molecule has 254 valence electrons. The molecule has 0 spiro atoms. The first-order valence-electron chi connectivity index (χ1n) is 16.7. The van der Waals surface area contributed by atoms with Crippen molar-refractivity contribution in [1.29, 1.82) is 0 Å². The summed E-state index contributed by atoms with van der Waals surface area (Å²) in [5, 5.41) is 12.3. The van der Waals surface area contributed by atoms with Gasteiger partial charge in [-0.1, -0.05) is 33.1 Å². The van der Waals surface area contributed by atoms with Crippen molar-refractivity contribution in [2.24, 2.45) is 28.6 Å². The molecule has 3 aliphatic carbocycles. The fourth-order valence-electron chi connectivity index (χ4n) is 9.41. The summed E-state index contributed by atoms with van der Waals surface area (Å²) in [6.07, 6.45) is 6.10. The van der Waals surface area contributed by atoms with E-state index in [1.807, 2.05) is 20.8 Å². The molecule has 2 aromatic rings. The summed E-state index contributed by atoms with van der Waals surface area (Å²) in [7, 11) is 0. The Morgan fingerprint density at radius 2 is 1.77 bits per heavy atom. The zero-order valence-electron chi connectivity index (χ0n) is 27.8. The van der Waals surface area contributed by atoms with Gasteiger partial charge in [-0.2, -0.15) is 0 Å². The average molecular weight is 652 g/mol. The highest BCUT2D eigenvalue weighted by Crippen LogP contribution is 2.67. The maximum absolute atomic E-state index is 13.8. The molecule has 2 aromatic heterocycles. The Kier molecular flexibility index (Phi) is 8.74. The predicted octanol–water partition coefficient (Wildman–Crippen LogP) is 5.32. The molecule has 0 bridgehead atoms. The number of aliphatic hydroxyl groups is 1. The van der Waals surface area contributed by atoms with Crippen molar-refractivity contribution in [2.75, 3.05) is 6.61 Å². The molecule has 47 heavy (non-hydrogen) atoms. The minimum absolute atomic E-state index is 0.00291. The zero-order chi connectivity index (χ0) is 33.7. The van der Waals surface area contributed by atoms with Gasteiger partial charge in [-0.15, -0.1) is 0 Å². The van der Waals surface area contributed by atoms with E-state index in [0.717, 1.165) is 32.1 Å². The third-order valence-electron chi connectivity index (χ3n) is 11.6. The van der Waals surface area contributed by atoms with Crippen molar-refractivity contribution in [3.8, 4) is 17.1 Å². The molecule has 1 N–H and O–H groups in total. The standard InChI is InChI=1S/C36H45NO10/c1-20(38)43-19-35(4)26-17-28(46-32(41)22-10-7-6-8-11-22)36(5)31(34(26,3)14-13-27(35)44-21(2)39)30(40)29-25(47-36)16-24(45-33(29)42)23-12-9-15-37-18-23/h9,12,15-16,18,22,26-28,30-31,40H,6-8,10-11,13-14,17,19H2,1-5H3/t26?,27-,28-,30?,31?,34-,35+,36+/m0/s1. The summed E-state index contributed by atoms with van der Waals surface area (Å²) in [6, 6.07) is 5.08. The first kappa shape index (κ1) is 33.2. The number of fused-ring (bicyclic) bond motifs is 4. The maximum Gasteiger partial charge on any atom is 0.345 e. The number of aliphatic hydroxyl groups excluding tert-OH is 1. The number of aromatic nitrogens is 1. The van der Waals surface area contributed by atoms with Crippen LogP contribution >= 0.6 is 0 Å². The Hall–Kier alpha value is -3.73. The average Bonchev–Trinajstić information content (AvgIpc) is 3.03. The van der Waals surface area contributed by atoms with Crippen LogP contribution < -0.4 is 10.4 Å². The van der Waals surface area contributed by atoms with E-state index >= 15 is 0 Å². The van der Waals surface area contributed by atoms with Crippen molar-refractivity contribution < 1.29 is 42.9 Å². The Morgan fingerprint density at radius 1 is 1.02 bits per heavy atom. The number of hydrogen-bond donors (Lipinski definition) is 1. The minimum atomic E-state index is -1.34. The smallest absolute Gasteiger partial charge is 0.345 e. The van der Waals surface area contributed by atoms with Gasteiger partial charge in [0.2, 0.25) is 0 Å². The normalized spacial score (nSPS) is 34.9. The van der Waals surface area contributed by atoms with E-state index in [1.54, 1.807) is 30.6 Å².